The summed E-state index contributed by atoms with van der Waals surface area (Å²) in [6.07, 6.45) is 8.92. The van der Waals surface area contributed by atoms with Gasteiger partial charge in [-0.25, -0.2) is 0 Å². The molecule has 0 atom stereocenters. The van der Waals surface area contributed by atoms with Crippen molar-refractivity contribution in [3.8, 4) is 11.4 Å². The van der Waals surface area contributed by atoms with Gasteiger partial charge in [-0.15, -0.1) is 0 Å². The number of carboxylic acid groups (broad SMARTS) is 1. The van der Waals surface area contributed by atoms with E-state index in [0.29, 0.717) is 18.1 Å². The standard InChI is InChI=1S/C15H18N2O4/c18-13(19)9-15(5-2-1-3-6-15)8-12-16-14(17-21-12)11-4-7-20-10-11/h4,7,10H,1-3,5-6,8-9H2,(H,18,19). The number of rotatable bonds is 5. The van der Waals surface area contributed by atoms with Gasteiger partial charge in [-0.1, -0.05) is 24.4 Å². The molecule has 2 aromatic heterocycles. The summed E-state index contributed by atoms with van der Waals surface area (Å²) in [7, 11) is 0. The van der Waals surface area contributed by atoms with Crippen LogP contribution in [0.15, 0.2) is 27.5 Å². The first-order valence-corrected chi connectivity index (χ1v) is 7.24. The van der Waals surface area contributed by atoms with Crippen molar-refractivity contribution in [3.05, 3.63) is 24.5 Å². The van der Waals surface area contributed by atoms with E-state index in [1.165, 1.54) is 6.42 Å². The van der Waals surface area contributed by atoms with Crippen LogP contribution in [0.25, 0.3) is 11.4 Å². The Kier molecular flexibility index (Phi) is 3.77. The molecule has 1 aliphatic carbocycles. The Labute approximate surface area is 122 Å². The third kappa shape index (κ3) is 3.15. The maximum absolute atomic E-state index is 11.2. The smallest absolute Gasteiger partial charge is 0.303 e. The van der Waals surface area contributed by atoms with E-state index in [0.717, 1.165) is 31.2 Å². The molecule has 2 heterocycles. The zero-order chi connectivity index (χ0) is 14.7. The first-order chi connectivity index (χ1) is 10.2. The zero-order valence-corrected chi connectivity index (χ0v) is 11.7. The first-order valence-electron chi connectivity index (χ1n) is 7.24. The topological polar surface area (TPSA) is 89.4 Å². The third-order valence-corrected chi connectivity index (χ3v) is 4.21. The summed E-state index contributed by atoms with van der Waals surface area (Å²) < 4.78 is 10.3. The molecule has 1 aliphatic rings. The fraction of sp³-hybridized carbons (Fsp3) is 0.533. The minimum absolute atomic E-state index is 0.163. The van der Waals surface area contributed by atoms with Gasteiger partial charge >= 0.3 is 5.97 Å². The van der Waals surface area contributed by atoms with Gasteiger partial charge in [0.05, 0.1) is 18.2 Å². The lowest BCUT2D eigenvalue weighted by molar-refractivity contribution is -0.140. The Bertz CT molecular complexity index is 597. The highest BCUT2D eigenvalue weighted by molar-refractivity contribution is 5.67. The van der Waals surface area contributed by atoms with Gasteiger partial charge in [0, 0.05) is 6.42 Å². The van der Waals surface area contributed by atoms with Crippen molar-refractivity contribution < 1.29 is 18.8 Å². The number of furan rings is 1. The second kappa shape index (κ2) is 5.71. The van der Waals surface area contributed by atoms with Crippen LogP contribution in [0.5, 0.6) is 0 Å². The largest absolute Gasteiger partial charge is 0.481 e. The molecule has 0 spiro atoms. The molecule has 0 saturated heterocycles. The molecule has 0 unspecified atom stereocenters. The molecule has 0 amide bonds. The second-order valence-corrected chi connectivity index (χ2v) is 5.83. The van der Waals surface area contributed by atoms with Crippen molar-refractivity contribution >= 4 is 5.97 Å². The van der Waals surface area contributed by atoms with Crippen molar-refractivity contribution in [3.63, 3.8) is 0 Å². The highest BCUT2D eigenvalue weighted by Crippen LogP contribution is 2.42. The summed E-state index contributed by atoms with van der Waals surface area (Å²) in [4.78, 5) is 15.5. The average molecular weight is 290 g/mol. The van der Waals surface area contributed by atoms with Gasteiger partial charge in [0.25, 0.3) is 0 Å². The number of carboxylic acids is 1. The summed E-state index contributed by atoms with van der Waals surface area (Å²) in [5, 5.41) is 13.1. The van der Waals surface area contributed by atoms with Crippen LogP contribution < -0.4 is 0 Å². The van der Waals surface area contributed by atoms with Gasteiger partial charge in [0.15, 0.2) is 0 Å². The number of hydrogen-bond donors (Lipinski definition) is 1. The molecular formula is C15H18N2O4. The predicted octanol–water partition coefficient (Wildman–Crippen LogP) is 3.30. The molecule has 6 heteroatoms. The van der Waals surface area contributed by atoms with Crippen LogP contribution in [-0.2, 0) is 11.2 Å². The van der Waals surface area contributed by atoms with Crippen LogP contribution in [0, 0.1) is 5.41 Å². The molecule has 1 saturated carbocycles. The van der Waals surface area contributed by atoms with E-state index in [1.807, 2.05) is 0 Å². The van der Waals surface area contributed by atoms with Gasteiger partial charge in [-0.3, -0.25) is 4.79 Å². The average Bonchev–Trinajstić information content (AvgIpc) is 3.09. The van der Waals surface area contributed by atoms with Crippen LogP contribution in [0.1, 0.15) is 44.4 Å². The maximum atomic E-state index is 11.2. The van der Waals surface area contributed by atoms with Crippen molar-refractivity contribution in [1.29, 1.82) is 0 Å². The fourth-order valence-electron chi connectivity index (χ4n) is 3.20. The molecule has 0 radical (unpaired) electrons. The van der Waals surface area contributed by atoms with Crippen LogP contribution in [0.2, 0.25) is 0 Å². The Morgan fingerprint density at radius 1 is 1.33 bits per heavy atom. The molecule has 0 aromatic carbocycles. The van der Waals surface area contributed by atoms with Crippen molar-refractivity contribution in [2.45, 2.75) is 44.9 Å². The number of aromatic nitrogens is 2. The molecule has 1 fully saturated rings. The lowest BCUT2D eigenvalue weighted by atomic mass is 9.69. The molecule has 1 N–H and O–H groups in total. The highest BCUT2D eigenvalue weighted by Gasteiger charge is 2.36. The number of hydrogen-bond acceptors (Lipinski definition) is 5. The van der Waals surface area contributed by atoms with Crippen LogP contribution in [0.4, 0.5) is 0 Å². The van der Waals surface area contributed by atoms with E-state index in [-0.39, 0.29) is 11.8 Å². The second-order valence-electron chi connectivity index (χ2n) is 5.83. The van der Waals surface area contributed by atoms with Gasteiger partial charge < -0.3 is 14.0 Å². The quantitative estimate of drug-likeness (QED) is 0.908. The predicted molar refractivity (Wildman–Crippen MR) is 73.5 cm³/mol. The Morgan fingerprint density at radius 3 is 2.81 bits per heavy atom. The molecule has 0 bridgehead atoms. The summed E-state index contributed by atoms with van der Waals surface area (Å²) in [6, 6.07) is 1.77. The SMILES string of the molecule is O=C(O)CC1(Cc2nc(-c3ccoc3)no2)CCCCC1. The van der Waals surface area contributed by atoms with E-state index >= 15 is 0 Å². The molecule has 0 aliphatic heterocycles. The van der Waals surface area contributed by atoms with Crippen molar-refractivity contribution in [1.82, 2.24) is 10.1 Å². The highest BCUT2D eigenvalue weighted by atomic mass is 16.5. The molecule has 3 rings (SSSR count). The summed E-state index contributed by atoms with van der Waals surface area (Å²) >= 11 is 0. The lowest BCUT2D eigenvalue weighted by Gasteiger charge is -2.34. The van der Waals surface area contributed by atoms with E-state index in [9.17, 15) is 9.90 Å². The zero-order valence-electron chi connectivity index (χ0n) is 11.7. The maximum Gasteiger partial charge on any atom is 0.303 e. The number of aliphatic carboxylic acids is 1. The molecule has 21 heavy (non-hydrogen) atoms. The van der Waals surface area contributed by atoms with E-state index in [2.05, 4.69) is 10.1 Å². The lowest BCUT2D eigenvalue weighted by Crippen LogP contribution is -2.29. The minimum atomic E-state index is -0.758. The number of carbonyl (C=O) groups is 1. The van der Waals surface area contributed by atoms with Crippen LogP contribution in [0.3, 0.4) is 0 Å². The molecular weight excluding hydrogens is 272 g/mol. The van der Waals surface area contributed by atoms with Gasteiger partial charge in [-0.05, 0) is 24.3 Å². The molecule has 2 aromatic rings. The van der Waals surface area contributed by atoms with Crippen LogP contribution in [-0.4, -0.2) is 21.2 Å². The van der Waals surface area contributed by atoms with E-state index in [1.54, 1.807) is 18.6 Å². The third-order valence-electron chi connectivity index (χ3n) is 4.21. The Hall–Kier alpha value is -2.11. The van der Waals surface area contributed by atoms with Gasteiger partial charge in [-0.2, -0.15) is 4.98 Å². The minimum Gasteiger partial charge on any atom is -0.481 e. The Morgan fingerprint density at radius 2 is 2.14 bits per heavy atom. The van der Waals surface area contributed by atoms with Crippen LogP contribution >= 0.6 is 0 Å². The van der Waals surface area contributed by atoms with E-state index in [4.69, 9.17) is 8.94 Å². The fourth-order valence-corrected chi connectivity index (χ4v) is 3.20. The van der Waals surface area contributed by atoms with Gasteiger partial charge in [0.1, 0.15) is 6.26 Å². The molecule has 112 valence electrons. The molecule has 6 nitrogen and oxygen atoms in total. The van der Waals surface area contributed by atoms with E-state index < -0.39 is 5.97 Å². The summed E-state index contributed by atoms with van der Waals surface area (Å²) in [6.45, 7) is 0. The summed E-state index contributed by atoms with van der Waals surface area (Å²) in [5.41, 5.74) is 0.519. The normalized spacial score (nSPS) is 17.7. The number of nitrogens with zero attached hydrogens (tertiary/aromatic N) is 2. The Balaban J connectivity index is 1.78. The van der Waals surface area contributed by atoms with Crippen molar-refractivity contribution in [2.24, 2.45) is 5.41 Å². The van der Waals surface area contributed by atoms with Gasteiger partial charge in [0.2, 0.25) is 11.7 Å². The summed E-state index contributed by atoms with van der Waals surface area (Å²) in [5.74, 6) is 0.237. The monoisotopic (exact) mass is 290 g/mol. The van der Waals surface area contributed by atoms with Crippen molar-refractivity contribution in [2.75, 3.05) is 0 Å². The first kappa shape index (κ1) is 13.9.